The number of hydrogen-bond acceptors (Lipinski definition) is 8. The number of nitrogens with zero attached hydrogens (tertiary/aromatic N) is 6. The van der Waals surface area contributed by atoms with Crippen LogP contribution in [-0.4, -0.2) is 117 Å². The van der Waals surface area contributed by atoms with Gasteiger partial charge in [0.05, 0.1) is 13.2 Å². The molecule has 2 aliphatic rings. The van der Waals surface area contributed by atoms with Crippen LogP contribution in [0.25, 0.3) is 0 Å². The number of urea groups is 1. The Bertz CT molecular complexity index is 1760. The van der Waals surface area contributed by atoms with Crippen LogP contribution in [0.5, 0.6) is 5.75 Å². The van der Waals surface area contributed by atoms with Crippen molar-refractivity contribution >= 4 is 41.0 Å². The van der Waals surface area contributed by atoms with Gasteiger partial charge in [-0.15, -0.1) is 0 Å². The summed E-state index contributed by atoms with van der Waals surface area (Å²) in [6, 6.07) is 16.8. The predicted molar refractivity (Wildman–Crippen MR) is 200 cm³/mol. The van der Waals surface area contributed by atoms with Crippen LogP contribution in [0.3, 0.4) is 0 Å². The zero-order chi connectivity index (χ0) is 37.8. The quantitative estimate of drug-likeness (QED) is 0.224. The number of carbonyl (C=O) groups excluding carboxylic acids is 2. The standard InChI is InChI=1S/C38H48Cl2IN6O5/c1-36(2,3)32-23-31(52-41-6)30(24-42-32)34-43-37(4,26-7-11-28(39)12-8-26)38(5,27-9-13-29(40)14-10-27)47(34)35(51)46-17-15-44(16-18-46)25-33(50)45(19-21-48)20-22-49/h7-14,23-24,48-49H,15-22,25H2,1-6H3/q-1/t37-,38+/m0/s1. The van der Waals surface area contributed by atoms with E-state index in [1.54, 1.807) is 11.1 Å². The third kappa shape index (κ3) is 8.07. The number of piperazine rings is 1. The van der Waals surface area contributed by atoms with Crippen LogP contribution in [0.2, 0.25) is 10.0 Å². The van der Waals surface area contributed by atoms with Crippen LogP contribution in [0.15, 0.2) is 65.8 Å². The van der Waals surface area contributed by atoms with E-state index in [2.05, 4.69) is 20.8 Å². The second kappa shape index (κ2) is 16.6. The molecule has 3 heterocycles. The van der Waals surface area contributed by atoms with Crippen LogP contribution < -0.4 is 24.7 Å². The van der Waals surface area contributed by atoms with Crippen LogP contribution in [0.1, 0.15) is 57.0 Å². The Morgan fingerprint density at radius 3 is 2.00 bits per heavy atom. The Balaban J connectivity index is 1.61. The molecule has 1 saturated heterocycles. The Kier molecular flexibility index (Phi) is 12.8. The summed E-state index contributed by atoms with van der Waals surface area (Å²) < 4.78 is 6.37. The summed E-state index contributed by atoms with van der Waals surface area (Å²) in [4.78, 5) is 47.7. The third-order valence-electron chi connectivity index (χ3n) is 10.1. The first-order valence-corrected chi connectivity index (χ1v) is 21.1. The second-order valence-corrected chi connectivity index (χ2v) is 16.5. The molecule has 0 radical (unpaired) electrons. The van der Waals surface area contributed by atoms with E-state index >= 15 is 4.79 Å². The monoisotopic (exact) mass is 865 g/mol. The maximum atomic E-state index is 15.2. The van der Waals surface area contributed by atoms with Crippen LogP contribution in [-0.2, 0) is 21.3 Å². The summed E-state index contributed by atoms with van der Waals surface area (Å²) in [7, 11) is 0. The fourth-order valence-electron chi connectivity index (χ4n) is 6.86. The van der Waals surface area contributed by atoms with E-state index in [9.17, 15) is 15.0 Å². The maximum absolute atomic E-state index is 15.2. The topological polar surface area (TPSA) is 122 Å². The minimum atomic E-state index is -1.07. The summed E-state index contributed by atoms with van der Waals surface area (Å²) >= 11 is 12.1. The van der Waals surface area contributed by atoms with Gasteiger partial charge in [0, 0.05) is 13.1 Å². The summed E-state index contributed by atoms with van der Waals surface area (Å²) in [5, 5.41) is 20.0. The number of hydrogen-bond donors (Lipinski definition) is 2. The second-order valence-electron chi connectivity index (χ2n) is 14.3. The molecule has 3 amide bonds. The number of aliphatic imine (C=N–C) groups is 1. The fourth-order valence-corrected chi connectivity index (χ4v) is 7.95. The van der Waals surface area contributed by atoms with Crippen molar-refractivity contribution in [2.75, 3.05) is 64.0 Å². The molecule has 0 aliphatic carbocycles. The van der Waals surface area contributed by atoms with Gasteiger partial charge in [0.25, 0.3) is 0 Å². The van der Waals surface area contributed by atoms with E-state index in [1.165, 1.54) is 4.90 Å². The number of aliphatic hydroxyl groups excluding tert-OH is 2. The number of aliphatic hydroxyl groups is 2. The molecule has 0 unspecified atom stereocenters. The molecule has 5 rings (SSSR count). The molecule has 1 aromatic heterocycles. The number of amides is 3. The molecule has 282 valence electrons. The number of alkyl halides is 1. The summed E-state index contributed by atoms with van der Waals surface area (Å²) in [5.74, 6) is 0.897. The molecule has 0 saturated carbocycles. The number of aromatic nitrogens is 1. The molecule has 0 spiro atoms. The predicted octanol–water partition coefficient (Wildman–Crippen LogP) is 2.14. The van der Waals surface area contributed by atoms with E-state index in [0.717, 1.165) is 16.8 Å². The SMILES string of the molecule is C[I-]Oc1cc(C(C)(C)C)ncc1C1=N[C@@](C)(c2ccc(Cl)cc2)[C@@](C)(c2ccc(Cl)cc2)N1C(=O)N1CCN(CC(=O)N(CCO)CCO)CC1. The molecule has 2 atom stereocenters. The number of benzene rings is 2. The molecule has 2 N–H and O–H groups in total. The number of pyridine rings is 1. The average Bonchev–Trinajstić information content (AvgIpc) is 3.36. The molecule has 2 aliphatic heterocycles. The first-order chi connectivity index (χ1) is 24.7. The van der Waals surface area contributed by atoms with Gasteiger partial charge in [-0.3, -0.25) is 4.79 Å². The van der Waals surface area contributed by atoms with Gasteiger partial charge in [0.15, 0.2) is 0 Å². The zero-order valence-corrected chi connectivity index (χ0v) is 34.2. The minimum absolute atomic E-state index is 0.127. The van der Waals surface area contributed by atoms with E-state index in [-0.39, 0.29) is 50.2 Å². The van der Waals surface area contributed by atoms with Gasteiger partial charge < -0.3 is 15.1 Å². The molecular formula is C38H48Cl2IN6O5-. The Morgan fingerprint density at radius 1 is 0.923 bits per heavy atom. The van der Waals surface area contributed by atoms with Crippen molar-refractivity contribution in [1.29, 1.82) is 0 Å². The van der Waals surface area contributed by atoms with E-state index in [0.29, 0.717) is 53.4 Å². The number of amidine groups is 1. The number of carbonyl (C=O) groups is 2. The van der Waals surface area contributed by atoms with Crippen LogP contribution >= 0.6 is 23.2 Å². The molecule has 2 aromatic carbocycles. The van der Waals surface area contributed by atoms with E-state index in [4.69, 9.17) is 36.2 Å². The summed E-state index contributed by atoms with van der Waals surface area (Å²) in [6.07, 6.45) is 1.78. The Hall–Kier alpha value is -3.01. The first-order valence-electron chi connectivity index (χ1n) is 17.3. The molecular weight excluding hydrogens is 818 g/mol. The van der Waals surface area contributed by atoms with Gasteiger partial charge in [-0.25, -0.2) is 0 Å². The number of halogens is 3. The van der Waals surface area contributed by atoms with Gasteiger partial charge in [0.1, 0.15) is 0 Å². The van der Waals surface area contributed by atoms with Gasteiger partial charge in [-0.05, 0) is 0 Å². The van der Waals surface area contributed by atoms with Crippen molar-refractivity contribution < 1.29 is 44.5 Å². The van der Waals surface area contributed by atoms with E-state index < -0.39 is 32.7 Å². The van der Waals surface area contributed by atoms with Crippen molar-refractivity contribution in [1.82, 2.24) is 24.6 Å². The van der Waals surface area contributed by atoms with Gasteiger partial charge in [-0.1, -0.05) is 0 Å². The van der Waals surface area contributed by atoms with Crippen molar-refractivity contribution in [3.8, 4) is 5.75 Å². The average molecular weight is 867 g/mol. The summed E-state index contributed by atoms with van der Waals surface area (Å²) in [6.45, 7) is 12.1. The molecule has 11 nitrogen and oxygen atoms in total. The molecule has 0 bridgehead atoms. The third-order valence-corrected chi connectivity index (χ3v) is 11.5. The molecule has 52 heavy (non-hydrogen) atoms. The molecule has 3 aromatic rings. The van der Waals surface area contributed by atoms with Gasteiger partial charge in [0.2, 0.25) is 0 Å². The van der Waals surface area contributed by atoms with E-state index in [1.807, 2.05) is 83.2 Å². The van der Waals surface area contributed by atoms with Crippen LogP contribution in [0.4, 0.5) is 4.79 Å². The number of rotatable bonds is 11. The fraction of sp³-hybridized carbons (Fsp3) is 0.474. The van der Waals surface area contributed by atoms with Crippen molar-refractivity contribution in [2.24, 2.45) is 4.99 Å². The Morgan fingerprint density at radius 2 is 1.48 bits per heavy atom. The van der Waals surface area contributed by atoms with Crippen molar-refractivity contribution in [3.63, 3.8) is 0 Å². The van der Waals surface area contributed by atoms with Gasteiger partial charge >= 0.3 is 283 Å². The van der Waals surface area contributed by atoms with Gasteiger partial charge in [-0.2, -0.15) is 0 Å². The summed E-state index contributed by atoms with van der Waals surface area (Å²) in [5.41, 5.74) is 0.880. The van der Waals surface area contributed by atoms with Crippen molar-refractivity contribution in [3.05, 3.63) is 93.2 Å². The molecule has 1 fully saturated rings. The first kappa shape index (κ1) is 40.2. The normalized spacial score (nSPS) is 21.0. The Labute approximate surface area is 327 Å². The molecule has 14 heteroatoms. The van der Waals surface area contributed by atoms with Crippen LogP contribution in [0, 0.1) is 0 Å². The zero-order valence-electron chi connectivity index (χ0n) is 30.6. The van der Waals surface area contributed by atoms with Crippen molar-refractivity contribution in [2.45, 2.75) is 51.1 Å².